The molecule has 152 valence electrons. The number of hydrogen-bond acceptors (Lipinski definition) is 4. The number of rotatable bonds is 4. The van der Waals surface area contributed by atoms with Crippen molar-refractivity contribution in [3.05, 3.63) is 89.7 Å². The minimum absolute atomic E-state index is 0.110. The van der Waals surface area contributed by atoms with Crippen LogP contribution < -0.4 is 4.73 Å². The minimum Gasteiger partial charge on any atom is -0.618 e. The molecule has 5 rings (SSSR count). The van der Waals surface area contributed by atoms with E-state index in [1.54, 1.807) is 24.5 Å². The fraction of sp³-hybridized carbons (Fsp3) is 0.261. The van der Waals surface area contributed by atoms with Crippen LogP contribution >= 0.6 is 0 Å². The van der Waals surface area contributed by atoms with Crippen molar-refractivity contribution in [2.75, 3.05) is 13.1 Å². The Morgan fingerprint density at radius 3 is 2.73 bits per heavy atom. The van der Waals surface area contributed by atoms with E-state index in [2.05, 4.69) is 21.8 Å². The minimum atomic E-state index is -0.287. The summed E-state index contributed by atoms with van der Waals surface area (Å²) in [6.45, 7) is 4.66. The summed E-state index contributed by atoms with van der Waals surface area (Å²) in [5.41, 5.74) is 3.27. The van der Waals surface area contributed by atoms with E-state index in [1.807, 2.05) is 35.0 Å². The number of aromatic nitrogens is 4. The Morgan fingerprint density at radius 2 is 1.97 bits per heavy atom. The van der Waals surface area contributed by atoms with E-state index < -0.39 is 0 Å². The number of imidazole rings is 1. The second kappa shape index (κ2) is 7.50. The van der Waals surface area contributed by atoms with Gasteiger partial charge in [0.25, 0.3) is 0 Å². The average Bonchev–Trinajstić information content (AvgIpc) is 3.31. The second-order valence-corrected chi connectivity index (χ2v) is 7.99. The lowest BCUT2D eigenvalue weighted by Gasteiger charge is -2.16. The van der Waals surface area contributed by atoms with Crippen LogP contribution in [0.4, 0.5) is 4.39 Å². The third kappa shape index (κ3) is 3.41. The maximum Gasteiger partial charge on any atom is 0.214 e. The molecule has 7 heteroatoms. The highest BCUT2D eigenvalue weighted by molar-refractivity contribution is 5.61. The molecule has 0 bridgehead atoms. The molecular weight excluding hydrogens is 381 g/mol. The summed E-state index contributed by atoms with van der Waals surface area (Å²) in [7, 11) is 0. The number of benzene rings is 1. The fourth-order valence-corrected chi connectivity index (χ4v) is 4.36. The molecule has 30 heavy (non-hydrogen) atoms. The number of likely N-dealkylation sites (tertiary alicyclic amines) is 1. The number of halogens is 1. The molecule has 2 atom stereocenters. The Kier molecular flexibility index (Phi) is 4.67. The molecule has 0 aliphatic carbocycles. The Balaban J connectivity index is 1.47. The highest BCUT2D eigenvalue weighted by Gasteiger charge is 2.36. The van der Waals surface area contributed by atoms with Gasteiger partial charge in [-0.25, -0.2) is 9.37 Å². The smallest absolute Gasteiger partial charge is 0.214 e. The van der Waals surface area contributed by atoms with Gasteiger partial charge in [0.05, 0.1) is 24.0 Å². The van der Waals surface area contributed by atoms with Crippen LogP contribution in [0.1, 0.15) is 24.2 Å². The van der Waals surface area contributed by atoms with Gasteiger partial charge in [-0.05, 0) is 42.3 Å². The maximum atomic E-state index is 13.3. The zero-order valence-electron chi connectivity index (χ0n) is 16.6. The summed E-state index contributed by atoms with van der Waals surface area (Å²) < 4.78 is 16.2. The zero-order valence-corrected chi connectivity index (χ0v) is 16.6. The van der Waals surface area contributed by atoms with Crippen molar-refractivity contribution in [3.8, 4) is 11.4 Å². The van der Waals surface area contributed by atoms with Crippen LogP contribution in [0.5, 0.6) is 0 Å². The summed E-state index contributed by atoms with van der Waals surface area (Å²) in [6.07, 6.45) is 6.94. The average molecular weight is 403 g/mol. The zero-order chi connectivity index (χ0) is 20.7. The standard InChI is InChI=1S/C23H22FN5O/c1-16-11-27(12-19-4-2-3-9-25-19)14-21(16)22-15-28-20(13-29(22)30)10-26-23(28)17-5-7-18(24)8-6-17/h2-10,13,15-16,21H,11-12,14H2,1H3. The highest BCUT2D eigenvalue weighted by atomic mass is 19.1. The molecule has 1 aromatic carbocycles. The van der Waals surface area contributed by atoms with E-state index in [0.29, 0.717) is 17.3 Å². The highest BCUT2D eigenvalue weighted by Crippen LogP contribution is 2.32. The van der Waals surface area contributed by atoms with Crippen molar-refractivity contribution >= 4 is 5.52 Å². The van der Waals surface area contributed by atoms with Gasteiger partial charge >= 0.3 is 0 Å². The fourth-order valence-electron chi connectivity index (χ4n) is 4.36. The van der Waals surface area contributed by atoms with Crippen molar-refractivity contribution in [2.45, 2.75) is 19.4 Å². The molecule has 0 saturated carbocycles. The first-order chi connectivity index (χ1) is 14.6. The van der Waals surface area contributed by atoms with E-state index in [9.17, 15) is 9.60 Å². The Morgan fingerprint density at radius 1 is 1.13 bits per heavy atom. The van der Waals surface area contributed by atoms with Crippen LogP contribution in [-0.2, 0) is 6.54 Å². The molecule has 4 aromatic rings. The SMILES string of the molecule is CC1CN(Cc2ccccn2)CC1c1cn2c(-c3ccc(F)cc3)ncc2c[n+]1[O-]. The van der Waals surface area contributed by atoms with Gasteiger partial charge in [0.2, 0.25) is 11.9 Å². The largest absolute Gasteiger partial charge is 0.618 e. The van der Waals surface area contributed by atoms with Gasteiger partial charge in [-0.15, -0.1) is 0 Å². The Bertz CT molecular complexity index is 1180. The molecule has 1 saturated heterocycles. The first kappa shape index (κ1) is 18.7. The Hall–Kier alpha value is -3.32. The first-order valence-electron chi connectivity index (χ1n) is 10.1. The molecule has 0 amide bonds. The molecule has 1 aliphatic rings. The molecule has 6 nitrogen and oxygen atoms in total. The van der Waals surface area contributed by atoms with Crippen LogP contribution in [0, 0.1) is 16.9 Å². The molecule has 0 spiro atoms. The van der Waals surface area contributed by atoms with Crippen LogP contribution in [-0.4, -0.2) is 32.4 Å². The van der Waals surface area contributed by atoms with E-state index in [0.717, 1.165) is 41.3 Å². The Labute approximate surface area is 173 Å². The van der Waals surface area contributed by atoms with Gasteiger partial charge in [-0.2, -0.15) is 4.73 Å². The van der Waals surface area contributed by atoms with E-state index in [-0.39, 0.29) is 11.7 Å². The van der Waals surface area contributed by atoms with Crippen molar-refractivity contribution < 1.29 is 9.12 Å². The molecule has 2 unspecified atom stereocenters. The topological polar surface area (TPSA) is 60.4 Å². The molecule has 0 radical (unpaired) electrons. The van der Waals surface area contributed by atoms with Crippen molar-refractivity contribution in [2.24, 2.45) is 5.92 Å². The van der Waals surface area contributed by atoms with Crippen molar-refractivity contribution in [3.63, 3.8) is 0 Å². The number of hydrogen-bond donors (Lipinski definition) is 0. The normalized spacial score (nSPS) is 19.5. The van der Waals surface area contributed by atoms with Crippen LogP contribution in [0.3, 0.4) is 0 Å². The van der Waals surface area contributed by atoms with Crippen molar-refractivity contribution in [1.29, 1.82) is 0 Å². The summed E-state index contributed by atoms with van der Waals surface area (Å²) in [5, 5.41) is 12.8. The van der Waals surface area contributed by atoms with Gasteiger partial charge in [0.15, 0.2) is 0 Å². The summed E-state index contributed by atoms with van der Waals surface area (Å²) in [6, 6.07) is 12.2. The summed E-state index contributed by atoms with van der Waals surface area (Å²) >= 11 is 0. The third-order valence-corrected chi connectivity index (χ3v) is 5.87. The van der Waals surface area contributed by atoms with Crippen LogP contribution in [0.25, 0.3) is 16.9 Å². The molecule has 0 N–H and O–H groups in total. The molecule has 1 aliphatic heterocycles. The van der Waals surface area contributed by atoms with E-state index in [4.69, 9.17) is 0 Å². The van der Waals surface area contributed by atoms with Gasteiger partial charge in [-0.3, -0.25) is 14.3 Å². The molecule has 3 aromatic heterocycles. The van der Waals surface area contributed by atoms with Gasteiger partial charge in [0.1, 0.15) is 17.2 Å². The van der Waals surface area contributed by atoms with Gasteiger partial charge in [-0.1, -0.05) is 13.0 Å². The lowest BCUT2D eigenvalue weighted by molar-refractivity contribution is -0.615. The van der Waals surface area contributed by atoms with Crippen molar-refractivity contribution in [1.82, 2.24) is 19.3 Å². The number of pyridine rings is 1. The van der Waals surface area contributed by atoms with Gasteiger partial charge in [0, 0.05) is 31.4 Å². The number of nitrogens with zero attached hydrogens (tertiary/aromatic N) is 5. The van der Waals surface area contributed by atoms with E-state index in [1.165, 1.54) is 12.1 Å². The predicted octanol–water partition coefficient (Wildman–Crippen LogP) is 3.40. The molecular formula is C23H22FN5O. The second-order valence-electron chi connectivity index (χ2n) is 7.99. The summed E-state index contributed by atoms with van der Waals surface area (Å²) in [5.74, 6) is 0.858. The first-order valence-corrected chi connectivity index (χ1v) is 10.1. The lowest BCUT2D eigenvalue weighted by atomic mass is 9.95. The van der Waals surface area contributed by atoms with E-state index >= 15 is 0 Å². The predicted molar refractivity (Wildman–Crippen MR) is 111 cm³/mol. The lowest BCUT2D eigenvalue weighted by Crippen LogP contribution is -2.35. The maximum absolute atomic E-state index is 13.3. The molecule has 4 heterocycles. The van der Waals surface area contributed by atoms with Gasteiger partial charge < -0.3 is 5.21 Å². The quantitative estimate of drug-likeness (QED) is 0.387. The summed E-state index contributed by atoms with van der Waals surface area (Å²) in [4.78, 5) is 11.2. The van der Waals surface area contributed by atoms with Crippen LogP contribution in [0.2, 0.25) is 0 Å². The number of fused-ring (bicyclic) bond motifs is 1. The van der Waals surface area contributed by atoms with Crippen LogP contribution in [0.15, 0.2) is 67.3 Å². The monoisotopic (exact) mass is 403 g/mol. The molecule has 1 fully saturated rings. The third-order valence-electron chi connectivity index (χ3n) is 5.87.